The number of thiocarbonyl (C=S) groups is 1. The Morgan fingerprint density at radius 3 is 2.74 bits per heavy atom. The van der Waals surface area contributed by atoms with E-state index in [0.717, 1.165) is 12.8 Å². The molecule has 1 aliphatic heterocycles. The van der Waals surface area contributed by atoms with Crippen molar-refractivity contribution >= 4 is 35.1 Å². The first-order valence-electron chi connectivity index (χ1n) is 8.73. The molecular weight excluding hydrogens is 373 g/mol. The third-order valence-corrected chi connectivity index (χ3v) is 4.38. The topological polar surface area (TPSA) is 87.7 Å². The molecule has 1 heterocycles. The predicted octanol–water partition coefficient (Wildman–Crippen LogP) is 1.37. The van der Waals surface area contributed by atoms with E-state index in [-0.39, 0.29) is 23.0 Å². The molecule has 2 N–H and O–H groups in total. The number of carbonyl (C=O) groups excluding carboxylic acids is 3. The number of rotatable bonds is 6. The van der Waals surface area contributed by atoms with Gasteiger partial charge in [-0.15, -0.1) is 0 Å². The van der Waals surface area contributed by atoms with Gasteiger partial charge in [0.1, 0.15) is 11.9 Å². The number of halogens is 1. The van der Waals surface area contributed by atoms with Crippen LogP contribution < -0.4 is 10.6 Å². The van der Waals surface area contributed by atoms with Gasteiger partial charge in [0, 0.05) is 18.7 Å². The van der Waals surface area contributed by atoms with E-state index in [1.54, 1.807) is 0 Å². The molecule has 1 unspecified atom stereocenters. The highest BCUT2D eigenvalue weighted by Gasteiger charge is 2.34. The average molecular weight is 395 g/mol. The Morgan fingerprint density at radius 1 is 1.37 bits per heavy atom. The summed E-state index contributed by atoms with van der Waals surface area (Å²) >= 11 is 5.25. The zero-order valence-electron chi connectivity index (χ0n) is 15.0. The molecule has 1 aromatic carbocycles. The highest BCUT2D eigenvalue weighted by Crippen LogP contribution is 2.12. The van der Waals surface area contributed by atoms with Gasteiger partial charge in [0.25, 0.3) is 5.91 Å². The molecule has 9 heteroatoms. The molecule has 0 aromatic heterocycles. The second-order valence-electron chi connectivity index (χ2n) is 6.04. The maximum Gasteiger partial charge on any atom is 0.308 e. The van der Waals surface area contributed by atoms with E-state index in [2.05, 4.69) is 10.6 Å². The van der Waals surface area contributed by atoms with Crippen molar-refractivity contribution in [3.63, 3.8) is 0 Å². The second kappa shape index (κ2) is 9.96. The van der Waals surface area contributed by atoms with Crippen molar-refractivity contribution in [3.05, 3.63) is 35.6 Å². The van der Waals surface area contributed by atoms with Gasteiger partial charge in [-0.25, -0.2) is 4.39 Å². The number of hydrogen-bond acceptors (Lipinski definition) is 5. The fourth-order valence-electron chi connectivity index (χ4n) is 2.55. The van der Waals surface area contributed by atoms with Crippen LogP contribution in [0.3, 0.4) is 0 Å². The first kappa shape index (κ1) is 20.8. The molecule has 0 spiro atoms. The summed E-state index contributed by atoms with van der Waals surface area (Å²) < 4.78 is 18.1. The van der Waals surface area contributed by atoms with Crippen LogP contribution in [0.15, 0.2) is 24.3 Å². The average Bonchev–Trinajstić information content (AvgIpc) is 2.64. The lowest BCUT2D eigenvalue weighted by Crippen LogP contribution is -2.60. The van der Waals surface area contributed by atoms with Crippen molar-refractivity contribution in [2.75, 3.05) is 19.7 Å². The minimum atomic E-state index is -0.853. The largest absolute Gasteiger partial charge is 0.466 e. The number of nitrogens with zero attached hydrogens (tertiary/aromatic N) is 1. The van der Waals surface area contributed by atoms with Crippen molar-refractivity contribution in [1.82, 2.24) is 15.5 Å². The molecule has 1 aromatic rings. The number of unbranched alkanes of at least 4 members (excludes halogenated alkanes) is 1. The van der Waals surface area contributed by atoms with E-state index >= 15 is 0 Å². The van der Waals surface area contributed by atoms with Gasteiger partial charge in [-0.05, 0) is 42.9 Å². The van der Waals surface area contributed by atoms with Gasteiger partial charge in [0.15, 0.2) is 5.11 Å². The molecule has 0 radical (unpaired) electrons. The predicted molar refractivity (Wildman–Crippen MR) is 100 cm³/mol. The minimum absolute atomic E-state index is 0.0329. The van der Waals surface area contributed by atoms with Crippen LogP contribution in [-0.2, 0) is 14.3 Å². The number of amides is 2. The molecule has 2 amide bonds. The van der Waals surface area contributed by atoms with Crippen LogP contribution in [0.2, 0.25) is 0 Å². The van der Waals surface area contributed by atoms with Crippen LogP contribution in [0.4, 0.5) is 4.39 Å². The molecule has 0 aliphatic carbocycles. The molecule has 146 valence electrons. The fraction of sp³-hybridized carbons (Fsp3) is 0.444. The van der Waals surface area contributed by atoms with Crippen LogP contribution in [-0.4, -0.2) is 53.5 Å². The Labute approximate surface area is 162 Å². The summed E-state index contributed by atoms with van der Waals surface area (Å²) in [5.41, 5.74) is 0.232. The van der Waals surface area contributed by atoms with E-state index in [1.807, 2.05) is 6.92 Å². The molecular formula is C18H22FN3O4S. The SMILES string of the molecule is CCCCOC(=O)CC1C(=O)NCCN1C(=S)NC(=O)c1ccc(F)cc1. The van der Waals surface area contributed by atoms with Crippen molar-refractivity contribution in [2.24, 2.45) is 0 Å². The summed E-state index contributed by atoms with van der Waals surface area (Å²) in [6.07, 6.45) is 1.48. The summed E-state index contributed by atoms with van der Waals surface area (Å²) in [7, 11) is 0. The highest BCUT2D eigenvalue weighted by atomic mass is 32.1. The van der Waals surface area contributed by atoms with Crippen molar-refractivity contribution in [2.45, 2.75) is 32.2 Å². The Balaban J connectivity index is 2.00. The first-order valence-corrected chi connectivity index (χ1v) is 9.14. The van der Waals surface area contributed by atoms with E-state index in [1.165, 1.54) is 29.2 Å². The first-order chi connectivity index (χ1) is 12.9. The van der Waals surface area contributed by atoms with Gasteiger partial charge in [-0.2, -0.15) is 0 Å². The van der Waals surface area contributed by atoms with Gasteiger partial charge >= 0.3 is 5.97 Å². The zero-order chi connectivity index (χ0) is 19.8. The molecule has 1 atom stereocenters. The highest BCUT2D eigenvalue weighted by molar-refractivity contribution is 7.80. The van der Waals surface area contributed by atoms with Gasteiger partial charge < -0.3 is 15.0 Å². The smallest absolute Gasteiger partial charge is 0.308 e. The van der Waals surface area contributed by atoms with Gasteiger partial charge in [0.2, 0.25) is 5.91 Å². The lowest BCUT2D eigenvalue weighted by atomic mass is 10.1. The Hall–Kier alpha value is -2.55. The van der Waals surface area contributed by atoms with Crippen molar-refractivity contribution < 1.29 is 23.5 Å². The number of nitrogens with one attached hydrogen (secondary N) is 2. The van der Waals surface area contributed by atoms with E-state index in [0.29, 0.717) is 19.7 Å². The molecule has 7 nitrogen and oxygen atoms in total. The molecule has 1 saturated heterocycles. The van der Waals surface area contributed by atoms with Crippen LogP contribution in [0.5, 0.6) is 0 Å². The van der Waals surface area contributed by atoms with Crippen LogP contribution in [0, 0.1) is 5.82 Å². The molecule has 0 bridgehead atoms. The van der Waals surface area contributed by atoms with E-state index in [9.17, 15) is 18.8 Å². The number of benzene rings is 1. The number of esters is 1. The number of ether oxygens (including phenoxy) is 1. The van der Waals surface area contributed by atoms with Gasteiger partial charge in [0.05, 0.1) is 13.0 Å². The summed E-state index contributed by atoms with van der Waals surface area (Å²) in [6.45, 7) is 2.97. The lowest BCUT2D eigenvalue weighted by molar-refractivity contribution is -0.147. The van der Waals surface area contributed by atoms with Crippen molar-refractivity contribution in [3.8, 4) is 0 Å². The van der Waals surface area contributed by atoms with E-state index < -0.39 is 23.7 Å². The molecule has 1 fully saturated rings. The third kappa shape index (κ3) is 5.99. The molecule has 27 heavy (non-hydrogen) atoms. The van der Waals surface area contributed by atoms with Crippen LogP contribution in [0.1, 0.15) is 36.5 Å². The summed E-state index contributed by atoms with van der Waals surface area (Å²) in [5.74, 6) is -1.83. The third-order valence-electron chi connectivity index (χ3n) is 4.04. The van der Waals surface area contributed by atoms with Crippen molar-refractivity contribution in [1.29, 1.82) is 0 Å². The maximum absolute atomic E-state index is 13.0. The Morgan fingerprint density at radius 2 is 2.07 bits per heavy atom. The number of carbonyl (C=O) groups is 3. The fourth-order valence-corrected chi connectivity index (χ4v) is 2.86. The number of hydrogen-bond donors (Lipinski definition) is 2. The molecule has 2 rings (SSSR count). The normalized spacial score (nSPS) is 16.4. The second-order valence-corrected chi connectivity index (χ2v) is 6.43. The molecule has 0 saturated carbocycles. The quantitative estimate of drug-likeness (QED) is 0.430. The van der Waals surface area contributed by atoms with Crippen LogP contribution >= 0.6 is 12.2 Å². The van der Waals surface area contributed by atoms with Crippen LogP contribution in [0.25, 0.3) is 0 Å². The zero-order valence-corrected chi connectivity index (χ0v) is 15.8. The number of piperazine rings is 1. The summed E-state index contributed by atoms with van der Waals surface area (Å²) in [4.78, 5) is 37.9. The minimum Gasteiger partial charge on any atom is -0.466 e. The Kier molecular flexibility index (Phi) is 7.66. The molecule has 1 aliphatic rings. The summed E-state index contributed by atoms with van der Waals surface area (Å²) in [6, 6.07) is 4.15. The van der Waals surface area contributed by atoms with E-state index in [4.69, 9.17) is 17.0 Å². The monoisotopic (exact) mass is 395 g/mol. The standard InChI is InChI=1S/C18H22FN3O4S/c1-2-3-10-26-15(23)11-14-17(25)20-8-9-22(14)18(27)21-16(24)12-4-6-13(19)7-5-12/h4-7,14H,2-3,8-11H2,1H3,(H,20,25)(H,21,24,27). The summed E-state index contributed by atoms with van der Waals surface area (Å²) in [5, 5.41) is 5.24. The Bertz CT molecular complexity index is 711. The maximum atomic E-state index is 13.0. The van der Waals surface area contributed by atoms with Gasteiger partial charge in [-0.1, -0.05) is 13.3 Å². The van der Waals surface area contributed by atoms with Gasteiger partial charge in [-0.3, -0.25) is 19.7 Å². The lowest BCUT2D eigenvalue weighted by Gasteiger charge is -2.36.